The van der Waals surface area contributed by atoms with Crippen molar-refractivity contribution < 1.29 is 0 Å². The third kappa shape index (κ3) is 7.04. The van der Waals surface area contributed by atoms with E-state index < -0.39 is 0 Å². The second-order valence-corrected chi connectivity index (χ2v) is 2.49. The lowest BCUT2D eigenvalue weighted by Gasteiger charge is -1.85. The van der Waals surface area contributed by atoms with Crippen LogP contribution in [0.25, 0.3) is 0 Å². The van der Waals surface area contributed by atoms with Crippen molar-refractivity contribution in [1.82, 2.24) is 0 Å². The van der Waals surface area contributed by atoms with Crippen molar-refractivity contribution in [1.29, 1.82) is 0 Å². The number of unbranched alkanes of at least 4 members (excludes halogenated alkanes) is 1. The standard InChI is InChI=1S/C10H17N/c1-4-6-8-11-9-10(3)7-5-2/h5,7-9H,4,6H2,1-3H3/b7-5-,10-9-,11-8?. The van der Waals surface area contributed by atoms with E-state index in [0.717, 1.165) is 6.42 Å². The van der Waals surface area contributed by atoms with Crippen LogP contribution in [0, 0.1) is 0 Å². The molecule has 0 atom stereocenters. The second-order valence-electron chi connectivity index (χ2n) is 2.49. The summed E-state index contributed by atoms with van der Waals surface area (Å²) < 4.78 is 0. The molecule has 1 heteroatoms. The Kier molecular flexibility index (Phi) is 6.70. The Morgan fingerprint density at radius 3 is 2.73 bits per heavy atom. The van der Waals surface area contributed by atoms with E-state index in [2.05, 4.69) is 11.9 Å². The first kappa shape index (κ1) is 10.2. The third-order valence-electron chi connectivity index (χ3n) is 1.23. The van der Waals surface area contributed by atoms with Gasteiger partial charge in [0.15, 0.2) is 0 Å². The molecule has 0 aromatic heterocycles. The van der Waals surface area contributed by atoms with Crippen LogP contribution in [-0.4, -0.2) is 6.21 Å². The van der Waals surface area contributed by atoms with E-state index in [-0.39, 0.29) is 0 Å². The molecule has 0 radical (unpaired) electrons. The van der Waals surface area contributed by atoms with E-state index in [1.165, 1.54) is 12.0 Å². The molecule has 0 N–H and O–H groups in total. The smallest absolute Gasteiger partial charge is 0.0292 e. The fourth-order valence-corrected chi connectivity index (χ4v) is 0.680. The Morgan fingerprint density at radius 2 is 2.18 bits per heavy atom. The zero-order valence-electron chi connectivity index (χ0n) is 7.67. The summed E-state index contributed by atoms with van der Waals surface area (Å²) in [6.07, 6.45) is 10.1. The van der Waals surface area contributed by atoms with Crippen LogP contribution in [0.1, 0.15) is 33.6 Å². The highest BCUT2D eigenvalue weighted by Crippen LogP contribution is 1.94. The predicted molar refractivity (Wildman–Crippen MR) is 52.0 cm³/mol. The van der Waals surface area contributed by atoms with Crippen molar-refractivity contribution in [3.05, 3.63) is 23.9 Å². The molecular formula is C10H17N. The molecule has 0 aliphatic heterocycles. The summed E-state index contributed by atoms with van der Waals surface area (Å²) in [5.74, 6) is 0. The van der Waals surface area contributed by atoms with Gasteiger partial charge in [-0.15, -0.1) is 0 Å². The topological polar surface area (TPSA) is 12.4 Å². The number of allylic oxidation sites excluding steroid dienone is 3. The van der Waals surface area contributed by atoms with Gasteiger partial charge in [0, 0.05) is 12.4 Å². The van der Waals surface area contributed by atoms with Crippen molar-refractivity contribution in [3.63, 3.8) is 0 Å². The van der Waals surface area contributed by atoms with Crippen LogP contribution < -0.4 is 0 Å². The minimum atomic E-state index is 1.07. The molecular weight excluding hydrogens is 134 g/mol. The minimum Gasteiger partial charge on any atom is -0.269 e. The van der Waals surface area contributed by atoms with Crippen molar-refractivity contribution in [3.8, 4) is 0 Å². The first-order valence-electron chi connectivity index (χ1n) is 4.12. The normalized spacial score (nSPS) is 13.5. The molecule has 0 aromatic carbocycles. The van der Waals surface area contributed by atoms with Crippen molar-refractivity contribution in [2.75, 3.05) is 0 Å². The molecule has 0 saturated carbocycles. The maximum atomic E-state index is 4.14. The van der Waals surface area contributed by atoms with Gasteiger partial charge in [-0.05, 0) is 25.8 Å². The zero-order chi connectivity index (χ0) is 8.53. The van der Waals surface area contributed by atoms with Crippen molar-refractivity contribution >= 4 is 6.21 Å². The number of nitrogens with zero attached hydrogens (tertiary/aromatic N) is 1. The molecule has 1 nitrogen and oxygen atoms in total. The molecule has 0 saturated heterocycles. The fourth-order valence-electron chi connectivity index (χ4n) is 0.680. The van der Waals surface area contributed by atoms with E-state index in [0.29, 0.717) is 0 Å². The maximum absolute atomic E-state index is 4.14. The van der Waals surface area contributed by atoms with Gasteiger partial charge in [-0.2, -0.15) is 0 Å². The van der Waals surface area contributed by atoms with Gasteiger partial charge in [-0.25, -0.2) is 0 Å². The lowest BCUT2D eigenvalue weighted by atomic mass is 10.3. The quantitative estimate of drug-likeness (QED) is 0.431. The predicted octanol–water partition coefficient (Wildman–Crippen LogP) is 3.34. The average molecular weight is 151 g/mol. The summed E-state index contributed by atoms with van der Waals surface area (Å²) in [6.45, 7) is 6.20. The summed E-state index contributed by atoms with van der Waals surface area (Å²) in [5.41, 5.74) is 1.19. The van der Waals surface area contributed by atoms with Gasteiger partial charge < -0.3 is 0 Å². The number of hydrogen-bond donors (Lipinski definition) is 0. The Hall–Kier alpha value is -0.850. The molecule has 0 aromatic rings. The van der Waals surface area contributed by atoms with Crippen molar-refractivity contribution in [2.24, 2.45) is 4.99 Å². The molecule has 0 bridgehead atoms. The summed E-state index contributed by atoms with van der Waals surface area (Å²) in [7, 11) is 0. The Labute approximate surface area is 69.5 Å². The molecule has 0 aliphatic rings. The zero-order valence-corrected chi connectivity index (χ0v) is 7.67. The van der Waals surface area contributed by atoms with Gasteiger partial charge in [0.05, 0.1) is 0 Å². The first-order valence-corrected chi connectivity index (χ1v) is 4.12. The first-order chi connectivity index (χ1) is 5.31. The van der Waals surface area contributed by atoms with Gasteiger partial charge >= 0.3 is 0 Å². The highest BCUT2D eigenvalue weighted by atomic mass is 14.7. The summed E-state index contributed by atoms with van der Waals surface area (Å²) in [5, 5.41) is 0. The molecule has 0 fully saturated rings. The Bertz CT molecular complexity index is 164. The van der Waals surface area contributed by atoms with Gasteiger partial charge in [-0.3, -0.25) is 4.99 Å². The average Bonchev–Trinajstić information content (AvgIpc) is 1.99. The van der Waals surface area contributed by atoms with Gasteiger partial charge in [0.25, 0.3) is 0 Å². The van der Waals surface area contributed by atoms with E-state index >= 15 is 0 Å². The van der Waals surface area contributed by atoms with Gasteiger partial charge in [-0.1, -0.05) is 25.5 Å². The third-order valence-corrected chi connectivity index (χ3v) is 1.23. The van der Waals surface area contributed by atoms with Crippen LogP contribution in [0.15, 0.2) is 28.9 Å². The Balaban J connectivity index is 3.71. The highest BCUT2D eigenvalue weighted by Gasteiger charge is 1.76. The van der Waals surface area contributed by atoms with Gasteiger partial charge in [0.1, 0.15) is 0 Å². The molecule has 62 valence electrons. The van der Waals surface area contributed by atoms with E-state index in [9.17, 15) is 0 Å². The van der Waals surface area contributed by atoms with E-state index in [1.54, 1.807) is 0 Å². The van der Waals surface area contributed by atoms with Crippen LogP contribution in [0.3, 0.4) is 0 Å². The van der Waals surface area contributed by atoms with Crippen molar-refractivity contribution in [2.45, 2.75) is 33.6 Å². The molecule has 11 heavy (non-hydrogen) atoms. The number of hydrogen-bond acceptors (Lipinski definition) is 1. The fraction of sp³-hybridized carbons (Fsp3) is 0.500. The summed E-state index contributed by atoms with van der Waals surface area (Å²) >= 11 is 0. The monoisotopic (exact) mass is 151 g/mol. The van der Waals surface area contributed by atoms with E-state index in [1.807, 2.05) is 38.4 Å². The van der Waals surface area contributed by atoms with Crippen LogP contribution in [0.4, 0.5) is 0 Å². The lowest BCUT2D eigenvalue weighted by Crippen LogP contribution is -1.71. The summed E-state index contributed by atoms with van der Waals surface area (Å²) in [6, 6.07) is 0. The second kappa shape index (κ2) is 7.26. The highest BCUT2D eigenvalue weighted by molar-refractivity contribution is 5.58. The molecule has 0 heterocycles. The lowest BCUT2D eigenvalue weighted by molar-refractivity contribution is 1.01. The largest absolute Gasteiger partial charge is 0.269 e. The van der Waals surface area contributed by atoms with Crippen LogP contribution in [0.2, 0.25) is 0 Å². The Morgan fingerprint density at radius 1 is 1.45 bits per heavy atom. The minimum absolute atomic E-state index is 1.07. The van der Waals surface area contributed by atoms with Crippen LogP contribution in [0.5, 0.6) is 0 Å². The van der Waals surface area contributed by atoms with Gasteiger partial charge in [0.2, 0.25) is 0 Å². The summed E-state index contributed by atoms with van der Waals surface area (Å²) in [4.78, 5) is 4.14. The van der Waals surface area contributed by atoms with E-state index in [4.69, 9.17) is 0 Å². The number of aliphatic imine (C=N–C) groups is 1. The molecule has 0 rings (SSSR count). The molecule has 0 amide bonds. The molecule has 0 unspecified atom stereocenters. The van der Waals surface area contributed by atoms with Crippen LogP contribution in [-0.2, 0) is 0 Å². The molecule has 0 aliphatic carbocycles. The maximum Gasteiger partial charge on any atom is 0.0292 e. The SMILES string of the molecule is C/C=C\C(C)=C/N=CCCC. The van der Waals surface area contributed by atoms with Crippen LogP contribution >= 0.6 is 0 Å². The number of rotatable bonds is 4. The molecule has 0 spiro atoms.